The van der Waals surface area contributed by atoms with Crippen molar-refractivity contribution in [1.82, 2.24) is 5.01 Å². The minimum absolute atomic E-state index is 0.0504. The van der Waals surface area contributed by atoms with E-state index in [1.165, 1.54) is 0 Å². The summed E-state index contributed by atoms with van der Waals surface area (Å²) in [6, 6.07) is 21.5. The van der Waals surface area contributed by atoms with Gasteiger partial charge in [0.15, 0.2) is 0 Å². The Bertz CT molecular complexity index is 1080. The van der Waals surface area contributed by atoms with E-state index in [2.05, 4.69) is 6.07 Å². The minimum Gasteiger partial charge on any atom is -0.497 e. The van der Waals surface area contributed by atoms with Crippen molar-refractivity contribution in [3.05, 3.63) is 93.5 Å². The first-order valence-corrected chi connectivity index (χ1v) is 10.1. The highest BCUT2D eigenvalue weighted by Crippen LogP contribution is 2.49. The Kier molecular flexibility index (Phi) is 4.61. The van der Waals surface area contributed by atoms with E-state index in [-0.39, 0.29) is 6.04 Å². The first-order valence-electron chi connectivity index (χ1n) is 9.35. The summed E-state index contributed by atoms with van der Waals surface area (Å²) in [5, 5.41) is 8.05. The predicted octanol–water partition coefficient (Wildman–Crippen LogP) is 6.24. The van der Waals surface area contributed by atoms with Crippen LogP contribution in [0.4, 0.5) is 0 Å². The molecule has 29 heavy (non-hydrogen) atoms. The van der Waals surface area contributed by atoms with Gasteiger partial charge in [0.1, 0.15) is 11.5 Å². The van der Waals surface area contributed by atoms with E-state index in [4.69, 9.17) is 37.8 Å². The van der Waals surface area contributed by atoms with Gasteiger partial charge in [-0.15, -0.1) is 0 Å². The molecule has 2 aliphatic heterocycles. The monoisotopic (exact) mass is 424 g/mol. The average molecular weight is 425 g/mol. The van der Waals surface area contributed by atoms with Gasteiger partial charge >= 0.3 is 0 Å². The smallest absolute Gasteiger partial charge is 0.216 e. The SMILES string of the molecule is COc1ccc(C2=NN3[C@H](C2)c2ccccc2O[C@@H]3c2c(Cl)cccc2Cl)cc1. The Labute approximate surface area is 179 Å². The molecule has 2 atom stereocenters. The molecular formula is C23H18Cl2N2O2. The summed E-state index contributed by atoms with van der Waals surface area (Å²) in [6.45, 7) is 0. The lowest BCUT2D eigenvalue weighted by atomic mass is 9.96. The van der Waals surface area contributed by atoms with Gasteiger partial charge in [0.25, 0.3) is 0 Å². The van der Waals surface area contributed by atoms with Crippen molar-refractivity contribution < 1.29 is 9.47 Å². The topological polar surface area (TPSA) is 34.1 Å². The molecule has 3 aromatic rings. The van der Waals surface area contributed by atoms with Crippen molar-refractivity contribution >= 4 is 28.9 Å². The number of rotatable bonds is 3. The fourth-order valence-corrected chi connectivity index (χ4v) is 4.51. The molecular weight excluding hydrogens is 407 g/mol. The third kappa shape index (κ3) is 3.13. The molecule has 0 amide bonds. The van der Waals surface area contributed by atoms with Gasteiger partial charge in [-0.3, -0.25) is 0 Å². The highest BCUT2D eigenvalue weighted by atomic mass is 35.5. The van der Waals surface area contributed by atoms with Crippen LogP contribution in [0.2, 0.25) is 10.0 Å². The number of halogens is 2. The van der Waals surface area contributed by atoms with E-state index in [0.717, 1.165) is 40.3 Å². The third-order valence-electron chi connectivity index (χ3n) is 5.37. The molecule has 0 saturated carbocycles. The van der Waals surface area contributed by atoms with Crippen LogP contribution in [-0.2, 0) is 0 Å². The van der Waals surface area contributed by atoms with E-state index < -0.39 is 6.23 Å². The summed E-state index contributed by atoms with van der Waals surface area (Å²) < 4.78 is 11.6. The molecule has 0 radical (unpaired) electrons. The van der Waals surface area contributed by atoms with Crippen molar-refractivity contribution in [3.8, 4) is 11.5 Å². The van der Waals surface area contributed by atoms with Gasteiger partial charge in [0, 0.05) is 12.0 Å². The van der Waals surface area contributed by atoms with Crippen molar-refractivity contribution in [2.24, 2.45) is 5.10 Å². The maximum absolute atomic E-state index is 6.51. The number of ether oxygens (including phenoxy) is 2. The van der Waals surface area contributed by atoms with Crippen molar-refractivity contribution in [2.75, 3.05) is 7.11 Å². The van der Waals surface area contributed by atoms with Crippen LogP contribution >= 0.6 is 23.2 Å². The average Bonchev–Trinajstić information content (AvgIpc) is 3.19. The Morgan fingerprint density at radius 3 is 2.41 bits per heavy atom. The van der Waals surface area contributed by atoms with Gasteiger partial charge in [-0.05, 0) is 48.0 Å². The normalized spacial score (nSPS) is 19.8. The summed E-state index contributed by atoms with van der Waals surface area (Å²) in [4.78, 5) is 0. The van der Waals surface area contributed by atoms with Gasteiger partial charge in [0.2, 0.25) is 6.23 Å². The molecule has 3 aromatic carbocycles. The fourth-order valence-electron chi connectivity index (χ4n) is 3.93. The summed E-state index contributed by atoms with van der Waals surface area (Å²) in [7, 11) is 1.66. The zero-order chi connectivity index (χ0) is 20.0. The first kappa shape index (κ1) is 18.3. The number of hydrazone groups is 1. The standard InChI is InChI=1S/C23H18Cl2N2O2/c1-28-15-11-9-14(10-12-15)19-13-20-16-5-2-3-8-21(16)29-23(27(20)26-19)22-17(24)6-4-7-18(22)25/h2-12,20,23H,13H2,1H3/t20-,23-/m1/s1. The molecule has 0 unspecified atom stereocenters. The summed E-state index contributed by atoms with van der Waals surface area (Å²) >= 11 is 13.0. The summed E-state index contributed by atoms with van der Waals surface area (Å²) in [5.74, 6) is 1.65. The second-order valence-electron chi connectivity index (χ2n) is 7.02. The Balaban J connectivity index is 1.60. The number of hydrogen-bond acceptors (Lipinski definition) is 4. The molecule has 0 spiro atoms. The van der Waals surface area contributed by atoms with Crippen LogP contribution in [0.3, 0.4) is 0 Å². The van der Waals surface area contributed by atoms with E-state index >= 15 is 0 Å². The molecule has 0 aromatic heterocycles. The molecule has 146 valence electrons. The van der Waals surface area contributed by atoms with Crippen LogP contribution in [-0.4, -0.2) is 17.8 Å². The second kappa shape index (κ2) is 7.29. The number of fused-ring (bicyclic) bond motifs is 3. The zero-order valence-electron chi connectivity index (χ0n) is 15.7. The third-order valence-corrected chi connectivity index (χ3v) is 6.03. The van der Waals surface area contributed by atoms with Crippen molar-refractivity contribution in [2.45, 2.75) is 18.7 Å². The van der Waals surface area contributed by atoms with Gasteiger partial charge in [-0.2, -0.15) is 5.10 Å². The van der Waals surface area contributed by atoms with E-state index in [1.54, 1.807) is 7.11 Å². The highest BCUT2D eigenvalue weighted by molar-refractivity contribution is 6.36. The Morgan fingerprint density at radius 2 is 1.69 bits per heavy atom. The number of benzene rings is 3. The molecule has 2 aliphatic rings. The fraction of sp³-hybridized carbons (Fsp3) is 0.174. The molecule has 0 bridgehead atoms. The van der Waals surface area contributed by atoms with Gasteiger partial charge < -0.3 is 9.47 Å². The maximum atomic E-state index is 6.51. The van der Waals surface area contributed by atoms with Gasteiger partial charge in [-0.1, -0.05) is 47.5 Å². The van der Waals surface area contributed by atoms with E-state index in [9.17, 15) is 0 Å². The molecule has 5 rings (SSSR count). The number of nitrogens with zero attached hydrogens (tertiary/aromatic N) is 2. The number of methoxy groups -OCH3 is 1. The molecule has 2 heterocycles. The molecule has 0 fully saturated rings. The summed E-state index contributed by atoms with van der Waals surface area (Å²) in [5.41, 5.74) is 3.89. The Hall–Kier alpha value is -2.69. The first-order chi connectivity index (χ1) is 14.2. The van der Waals surface area contributed by atoms with Crippen LogP contribution < -0.4 is 9.47 Å². The molecule has 0 N–H and O–H groups in total. The van der Waals surface area contributed by atoms with E-state index in [1.807, 2.05) is 65.7 Å². The maximum Gasteiger partial charge on any atom is 0.216 e. The largest absolute Gasteiger partial charge is 0.497 e. The highest BCUT2D eigenvalue weighted by Gasteiger charge is 2.42. The van der Waals surface area contributed by atoms with Crippen molar-refractivity contribution in [1.29, 1.82) is 0 Å². The summed E-state index contributed by atoms with van der Waals surface area (Å²) in [6.07, 6.45) is 0.275. The predicted molar refractivity (Wildman–Crippen MR) is 115 cm³/mol. The minimum atomic E-state index is -0.494. The van der Waals surface area contributed by atoms with Crippen LogP contribution in [0.5, 0.6) is 11.5 Å². The lowest BCUT2D eigenvalue weighted by Crippen LogP contribution is -2.34. The van der Waals surface area contributed by atoms with Gasteiger partial charge in [-0.25, -0.2) is 5.01 Å². The lowest BCUT2D eigenvalue weighted by Gasteiger charge is -2.38. The van der Waals surface area contributed by atoms with Crippen LogP contribution in [0.1, 0.15) is 35.4 Å². The van der Waals surface area contributed by atoms with Gasteiger partial charge in [0.05, 0.1) is 34.5 Å². The molecule has 0 aliphatic carbocycles. The Morgan fingerprint density at radius 1 is 0.966 bits per heavy atom. The van der Waals surface area contributed by atoms with Crippen LogP contribution in [0.15, 0.2) is 71.8 Å². The van der Waals surface area contributed by atoms with E-state index in [0.29, 0.717) is 10.0 Å². The number of hydrogen-bond donors (Lipinski definition) is 0. The molecule has 0 saturated heterocycles. The van der Waals surface area contributed by atoms with Crippen molar-refractivity contribution in [3.63, 3.8) is 0 Å². The zero-order valence-corrected chi connectivity index (χ0v) is 17.2. The molecule has 6 heteroatoms. The van der Waals surface area contributed by atoms with Crippen LogP contribution in [0, 0.1) is 0 Å². The van der Waals surface area contributed by atoms with Crippen LogP contribution in [0.25, 0.3) is 0 Å². The number of para-hydroxylation sites is 1. The molecule has 4 nitrogen and oxygen atoms in total. The second-order valence-corrected chi connectivity index (χ2v) is 7.83. The quantitative estimate of drug-likeness (QED) is 0.498. The lowest BCUT2D eigenvalue weighted by molar-refractivity contribution is -0.0189.